The molecule has 3 amide bonds. The summed E-state index contributed by atoms with van der Waals surface area (Å²) in [5.74, 6) is -1.72. The highest BCUT2D eigenvalue weighted by atomic mass is 16.6. The summed E-state index contributed by atoms with van der Waals surface area (Å²) in [5, 5.41) is 24.1. The van der Waals surface area contributed by atoms with E-state index in [2.05, 4.69) is 20.3 Å². The number of aliphatic hydroxyl groups is 2. The molecule has 0 spiro atoms. The monoisotopic (exact) mass is 538 g/mol. The first-order valence-corrected chi connectivity index (χ1v) is 12.6. The number of carbonyl (C=O) groups is 3. The second kappa shape index (κ2) is 10.9. The van der Waals surface area contributed by atoms with Crippen LogP contribution in [0.5, 0.6) is 0 Å². The van der Waals surface area contributed by atoms with Crippen molar-refractivity contribution < 1.29 is 29.3 Å². The van der Waals surface area contributed by atoms with Gasteiger partial charge in [0.05, 0.1) is 6.33 Å². The molecule has 2 fully saturated rings. The number of nitrogens with zero attached hydrogens (tertiary/aromatic N) is 5. The van der Waals surface area contributed by atoms with Crippen LogP contribution in [-0.4, -0.2) is 89.3 Å². The maximum atomic E-state index is 13.5. The van der Waals surface area contributed by atoms with E-state index in [1.54, 1.807) is 0 Å². The molecule has 5 rings (SSSR count). The SMILES string of the molecule is NC(=O)[C@@H]1CCCN1C(=O)[C@H](CCc1ccccc1)NC(=O)[C@H]1O[C@@H](n2cnc3c(N)ncnc32)[C@H](O)[C@@H]1O. The van der Waals surface area contributed by atoms with Crippen LogP contribution in [0.4, 0.5) is 5.82 Å². The predicted octanol–water partition coefficient (Wildman–Crippen LogP) is -1.38. The number of hydrogen-bond acceptors (Lipinski definition) is 10. The molecule has 206 valence electrons. The maximum Gasteiger partial charge on any atom is 0.252 e. The van der Waals surface area contributed by atoms with Crippen molar-refractivity contribution in [3.8, 4) is 0 Å². The number of carbonyl (C=O) groups excluding carboxylic acids is 3. The maximum absolute atomic E-state index is 13.5. The van der Waals surface area contributed by atoms with Crippen molar-refractivity contribution in [1.29, 1.82) is 0 Å². The molecule has 0 saturated carbocycles. The highest BCUT2D eigenvalue weighted by Crippen LogP contribution is 2.32. The average Bonchev–Trinajstić information content (AvgIpc) is 3.66. The molecule has 39 heavy (non-hydrogen) atoms. The van der Waals surface area contributed by atoms with E-state index in [4.69, 9.17) is 16.2 Å². The van der Waals surface area contributed by atoms with Gasteiger partial charge >= 0.3 is 0 Å². The minimum Gasteiger partial charge on any atom is -0.387 e. The molecule has 2 aliphatic rings. The second-order valence-electron chi connectivity index (χ2n) is 9.69. The molecule has 2 aliphatic heterocycles. The summed E-state index contributed by atoms with van der Waals surface area (Å²) in [7, 11) is 0. The number of nitrogens with two attached hydrogens (primary N) is 2. The number of aryl methyl sites for hydroxylation is 1. The van der Waals surface area contributed by atoms with Gasteiger partial charge in [-0.25, -0.2) is 15.0 Å². The molecule has 14 heteroatoms. The Labute approximate surface area is 223 Å². The van der Waals surface area contributed by atoms with Crippen molar-refractivity contribution in [2.45, 2.75) is 62.3 Å². The van der Waals surface area contributed by atoms with Crippen molar-refractivity contribution in [2.75, 3.05) is 12.3 Å². The third-order valence-corrected chi connectivity index (χ3v) is 7.20. The highest BCUT2D eigenvalue weighted by Gasteiger charge is 2.48. The fourth-order valence-electron chi connectivity index (χ4n) is 5.16. The van der Waals surface area contributed by atoms with Gasteiger partial charge in [0.15, 0.2) is 23.8 Å². The Balaban J connectivity index is 1.35. The molecule has 0 radical (unpaired) electrons. The van der Waals surface area contributed by atoms with Crippen LogP contribution >= 0.6 is 0 Å². The lowest BCUT2D eigenvalue weighted by molar-refractivity contribution is -0.145. The zero-order valence-corrected chi connectivity index (χ0v) is 21.0. The third-order valence-electron chi connectivity index (χ3n) is 7.20. The lowest BCUT2D eigenvalue weighted by atomic mass is 10.0. The van der Waals surface area contributed by atoms with Gasteiger partial charge in [-0.2, -0.15) is 0 Å². The summed E-state index contributed by atoms with van der Waals surface area (Å²) in [6.07, 6.45) is -1.52. The van der Waals surface area contributed by atoms with Crippen LogP contribution < -0.4 is 16.8 Å². The number of nitrogen functional groups attached to an aromatic ring is 1. The zero-order chi connectivity index (χ0) is 27.7. The quantitative estimate of drug-likeness (QED) is 0.227. The number of aliphatic hydroxyl groups excluding tert-OH is 2. The van der Waals surface area contributed by atoms with E-state index in [1.807, 2.05) is 30.3 Å². The van der Waals surface area contributed by atoms with Crippen LogP contribution in [0, 0.1) is 0 Å². The van der Waals surface area contributed by atoms with Gasteiger partial charge < -0.3 is 36.6 Å². The molecule has 2 saturated heterocycles. The molecule has 6 atom stereocenters. The summed E-state index contributed by atoms with van der Waals surface area (Å²) in [4.78, 5) is 52.3. The summed E-state index contributed by atoms with van der Waals surface area (Å²) < 4.78 is 7.13. The number of hydrogen-bond donors (Lipinski definition) is 5. The number of fused-ring (bicyclic) bond motifs is 1. The van der Waals surface area contributed by atoms with Crippen molar-refractivity contribution >= 4 is 34.7 Å². The Kier molecular flexibility index (Phi) is 7.41. The number of aromatic nitrogens is 4. The van der Waals surface area contributed by atoms with Gasteiger partial charge in [0.2, 0.25) is 11.8 Å². The fourth-order valence-corrected chi connectivity index (χ4v) is 5.16. The Morgan fingerprint density at radius 3 is 2.64 bits per heavy atom. The lowest BCUT2D eigenvalue weighted by Crippen LogP contribution is -2.55. The van der Waals surface area contributed by atoms with E-state index in [0.717, 1.165) is 5.56 Å². The summed E-state index contributed by atoms with van der Waals surface area (Å²) in [6.45, 7) is 0.339. The molecule has 4 heterocycles. The van der Waals surface area contributed by atoms with E-state index < -0.39 is 54.3 Å². The van der Waals surface area contributed by atoms with E-state index in [-0.39, 0.29) is 23.4 Å². The number of primary amides is 1. The van der Waals surface area contributed by atoms with Crippen molar-refractivity contribution in [2.24, 2.45) is 5.73 Å². The van der Waals surface area contributed by atoms with Gasteiger partial charge in [0.25, 0.3) is 5.91 Å². The predicted molar refractivity (Wildman–Crippen MR) is 136 cm³/mol. The number of amides is 3. The van der Waals surface area contributed by atoms with Gasteiger partial charge in [-0.1, -0.05) is 30.3 Å². The number of nitrogens with one attached hydrogen (secondary N) is 1. The van der Waals surface area contributed by atoms with Crippen LogP contribution in [0.1, 0.15) is 31.1 Å². The van der Waals surface area contributed by atoms with Gasteiger partial charge in [0.1, 0.15) is 36.1 Å². The number of likely N-dealkylation sites (tertiary alicyclic amines) is 1. The van der Waals surface area contributed by atoms with Crippen LogP contribution in [0.3, 0.4) is 0 Å². The average molecular weight is 539 g/mol. The number of rotatable bonds is 8. The molecule has 0 unspecified atom stereocenters. The molecule has 7 N–H and O–H groups in total. The lowest BCUT2D eigenvalue weighted by Gasteiger charge is -2.28. The highest BCUT2D eigenvalue weighted by molar-refractivity contribution is 5.93. The van der Waals surface area contributed by atoms with E-state index in [0.29, 0.717) is 25.8 Å². The molecule has 2 aromatic heterocycles. The molecule has 14 nitrogen and oxygen atoms in total. The van der Waals surface area contributed by atoms with Crippen LogP contribution in [0.25, 0.3) is 11.2 Å². The van der Waals surface area contributed by atoms with E-state index in [1.165, 1.54) is 22.1 Å². The zero-order valence-electron chi connectivity index (χ0n) is 21.0. The minimum absolute atomic E-state index is 0.122. The Hall–Kier alpha value is -4.14. The van der Waals surface area contributed by atoms with Gasteiger partial charge in [-0.15, -0.1) is 0 Å². The molecule has 0 bridgehead atoms. The van der Waals surface area contributed by atoms with Gasteiger partial charge in [-0.3, -0.25) is 19.0 Å². The third kappa shape index (κ3) is 5.13. The summed E-state index contributed by atoms with van der Waals surface area (Å²) in [5.41, 5.74) is 12.8. The second-order valence-corrected chi connectivity index (χ2v) is 9.69. The molecule has 3 aromatic rings. The molecular weight excluding hydrogens is 508 g/mol. The minimum atomic E-state index is -1.61. The molecule has 1 aromatic carbocycles. The number of ether oxygens (including phenoxy) is 1. The first-order chi connectivity index (χ1) is 18.8. The van der Waals surface area contributed by atoms with E-state index in [9.17, 15) is 24.6 Å². The van der Waals surface area contributed by atoms with Crippen molar-refractivity contribution in [3.05, 3.63) is 48.5 Å². The first kappa shape index (κ1) is 26.5. The largest absolute Gasteiger partial charge is 0.387 e. The standard InChI is InChI=1S/C25H30N8O6/c26-20-16-22(29-11-28-20)33(12-30-16)25-18(35)17(34)19(39-25)23(37)31-14(9-8-13-5-2-1-3-6-13)24(38)32-10-4-7-15(32)21(27)36/h1-3,5-6,11-12,14-15,17-19,25,34-35H,4,7-10H2,(H2,27,36)(H,31,37)(H2,26,28,29)/t14-,15-,17-,18+,19-,25+/m0/s1. The Bertz CT molecular complexity index is 1370. The normalized spacial score (nSPS) is 25.6. The van der Waals surface area contributed by atoms with Crippen LogP contribution in [-0.2, 0) is 25.5 Å². The summed E-state index contributed by atoms with van der Waals surface area (Å²) >= 11 is 0. The Morgan fingerprint density at radius 2 is 1.90 bits per heavy atom. The molecule has 0 aliphatic carbocycles. The van der Waals surface area contributed by atoms with Gasteiger partial charge in [0, 0.05) is 6.54 Å². The van der Waals surface area contributed by atoms with Crippen molar-refractivity contribution in [1.82, 2.24) is 29.7 Å². The van der Waals surface area contributed by atoms with Gasteiger partial charge in [-0.05, 0) is 31.2 Å². The van der Waals surface area contributed by atoms with Crippen molar-refractivity contribution in [3.63, 3.8) is 0 Å². The van der Waals surface area contributed by atoms with Crippen LogP contribution in [0.2, 0.25) is 0 Å². The Morgan fingerprint density at radius 1 is 1.13 bits per heavy atom. The fraction of sp³-hybridized carbons (Fsp3) is 0.440. The van der Waals surface area contributed by atoms with E-state index >= 15 is 0 Å². The van der Waals surface area contributed by atoms with Crippen LogP contribution in [0.15, 0.2) is 43.0 Å². The smallest absolute Gasteiger partial charge is 0.252 e. The summed E-state index contributed by atoms with van der Waals surface area (Å²) in [6, 6.07) is 7.65. The number of benzene rings is 1. The topological polar surface area (TPSA) is 212 Å². The number of imidazole rings is 1. The first-order valence-electron chi connectivity index (χ1n) is 12.6. The number of anilines is 1. The molecular formula is C25H30N8O6.